The van der Waals surface area contributed by atoms with Crippen LogP contribution in [0, 0.1) is 0 Å². The molecule has 0 atom stereocenters. The summed E-state index contributed by atoms with van der Waals surface area (Å²) in [5, 5.41) is 7.53. The molecule has 4 rings (SSSR count). The monoisotopic (exact) mass is 512 g/mol. The lowest BCUT2D eigenvalue weighted by molar-refractivity contribution is -0.111. The number of benzene rings is 2. The summed E-state index contributed by atoms with van der Waals surface area (Å²) in [7, 11) is 0. The maximum atomic E-state index is 12.7. The largest absolute Gasteiger partial charge is 0.457 e. The zero-order chi connectivity index (χ0) is 24.5. The molecule has 0 aliphatic carbocycles. The number of carbonyl (C=O) groups is 2. The van der Waals surface area contributed by atoms with Gasteiger partial charge in [-0.2, -0.15) is 0 Å². The molecule has 2 aromatic heterocycles. The molecule has 2 heterocycles. The number of amides is 2. The summed E-state index contributed by atoms with van der Waals surface area (Å²) >= 11 is 13.7. The first kappa shape index (κ1) is 24.1. The molecule has 0 bridgehead atoms. The highest BCUT2D eigenvalue weighted by Crippen LogP contribution is 2.39. The molecule has 8 heteroatoms. The highest BCUT2D eigenvalue weighted by Gasteiger charge is 2.22. The Hall–Kier alpha value is -3.06. The Bertz CT molecular complexity index is 1400. The van der Waals surface area contributed by atoms with Crippen LogP contribution in [0.2, 0.25) is 10.0 Å². The summed E-state index contributed by atoms with van der Waals surface area (Å²) in [4.78, 5) is 25.7. The highest BCUT2D eigenvalue weighted by molar-refractivity contribution is 7.22. The molecule has 4 aromatic rings. The van der Waals surface area contributed by atoms with Gasteiger partial charge in [0.25, 0.3) is 5.91 Å². The third-order valence-electron chi connectivity index (χ3n) is 4.76. The van der Waals surface area contributed by atoms with Crippen molar-refractivity contribution in [3.63, 3.8) is 0 Å². The number of hydrogen-bond donors (Lipinski definition) is 2. The smallest absolute Gasteiger partial charge is 0.263 e. The lowest BCUT2D eigenvalue weighted by Gasteiger charge is -2.19. The minimum Gasteiger partial charge on any atom is -0.457 e. The van der Waals surface area contributed by atoms with E-state index in [2.05, 4.69) is 10.6 Å². The first-order valence-electron chi connectivity index (χ1n) is 10.5. The summed E-state index contributed by atoms with van der Waals surface area (Å²) < 4.78 is 6.53. The van der Waals surface area contributed by atoms with E-state index >= 15 is 0 Å². The first-order valence-corrected chi connectivity index (χ1v) is 12.1. The van der Waals surface area contributed by atoms with Crippen LogP contribution >= 0.6 is 34.5 Å². The number of hydrogen-bond acceptors (Lipinski definition) is 4. The van der Waals surface area contributed by atoms with Crippen LogP contribution in [-0.4, -0.2) is 17.4 Å². The van der Waals surface area contributed by atoms with Gasteiger partial charge in [-0.05, 0) is 69.3 Å². The number of carbonyl (C=O) groups excluding carboxylic acids is 2. The molecule has 5 nitrogen and oxygen atoms in total. The number of anilines is 1. The SMILES string of the molecule is CC(C)(C)NC(=O)c1sc2c(NC(=O)/C=C/c3ccc(-c4ccc(Cl)cc4)o3)cccc2c1Cl. The normalized spacial score (nSPS) is 11.8. The first-order chi connectivity index (χ1) is 16.1. The van der Waals surface area contributed by atoms with Crippen molar-refractivity contribution < 1.29 is 14.0 Å². The molecule has 0 aliphatic heterocycles. The number of fused-ring (bicyclic) bond motifs is 1. The van der Waals surface area contributed by atoms with E-state index in [0.29, 0.717) is 37.5 Å². The van der Waals surface area contributed by atoms with Crippen LogP contribution in [0.4, 0.5) is 5.69 Å². The zero-order valence-corrected chi connectivity index (χ0v) is 21.1. The van der Waals surface area contributed by atoms with Gasteiger partial charge in [0, 0.05) is 27.6 Å². The van der Waals surface area contributed by atoms with E-state index < -0.39 is 5.54 Å². The van der Waals surface area contributed by atoms with Crippen LogP contribution in [0.5, 0.6) is 0 Å². The van der Waals surface area contributed by atoms with Gasteiger partial charge in [0.15, 0.2) is 0 Å². The maximum absolute atomic E-state index is 12.7. The molecular formula is C26H22Cl2N2O3S. The minimum atomic E-state index is -0.391. The van der Waals surface area contributed by atoms with Crippen LogP contribution in [0.15, 0.2) is 65.1 Å². The van der Waals surface area contributed by atoms with Crippen LogP contribution in [0.25, 0.3) is 27.5 Å². The number of furan rings is 1. The van der Waals surface area contributed by atoms with Gasteiger partial charge in [0.1, 0.15) is 16.4 Å². The Morgan fingerprint density at radius 3 is 2.44 bits per heavy atom. The standard InChI is InChI=1S/C26H22Cl2N2O3S/c1-26(2,3)30-25(32)24-22(28)18-5-4-6-19(23(18)34-24)29-21(31)14-12-17-11-13-20(33-17)15-7-9-16(27)10-8-15/h4-14H,1-3H3,(H,29,31)(H,30,32)/b14-12+. The van der Waals surface area contributed by atoms with Gasteiger partial charge in [0.05, 0.1) is 15.4 Å². The fourth-order valence-electron chi connectivity index (χ4n) is 3.27. The Morgan fingerprint density at radius 2 is 1.74 bits per heavy atom. The average molecular weight is 513 g/mol. The molecule has 0 radical (unpaired) electrons. The van der Waals surface area contributed by atoms with Gasteiger partial charge in [-0.3, -0.25) is 9.59 Å². The van der Waals surface area contributed by atoms with E-state index in [1.807, 2.05) is 45.0 Å². The van der Waals surface area contributed by atoms with E-state index in [0.717, 1.165) is 10.3 Å². The molecular weight excluding hydrogens is 491 g/mol. The Balaban J connectivity index is 1.51. The Labute approximate surface area is 211 Å². The second-order valence-electron chi connectivity index (χ2n) is 8.66. The quantitative estimate of drug-likeness (QED) is 0.269. The Kier molecular flexibility index (Phi) is 6.84. The number of thiophene rings is 1. The van der Waals surface area contributed by atoms with Crippen molar-refractivity contribution in [2.24, 2.45) is 0 Å². The summed E-state index contributed by atoms with van der Waals surface area (Å²) in [6, 6.07) is 16.3. The van der Waals surface area contributed by atoms with E-state index in [-0.39, 0.29) is 11.8 Å². The molecule has 0 aliphatic rings. The lowest BCUT2D eigenvalue weighted by atomic mass is 10.1. The van der Waals surface area contributed by atoms with Gasteiger partial charge in [-0.15, -0.1) is 11.3 Å². The molecule has 0 spiro atoms. The van der Waals surface area contributed by atoms with E-state index in [9.17, 15) is 9.59 Å². The molecule has 174 valence electrons. The minimum absolute atomic E-state index is 0.245. The third kappa shape index (κ3) is 5.53. The van der Waals surface area contributed by atoms with Crippen molar-refractivity contribution in [2.45, 2.75) is 26.3 Å². The van der Waals surface area contributed by atoms with Crippen molar-refractivity contribution in [1.29, 1.82) is 0 Å². The molecule has 34 heavy (non-hydrogen) atoms. The molecule has 0 unspecified atom stereocenters. The molecule has 0 saturated heterocycles. The van der Waals surface area contributed by atoms with Crippen LogP contribution in [0.1, 0.15) is 36.2 Å². The van der Waals surface area contributed by atoms with Crippen LogP contribution in [-0.2, 0) is 4.79 Å². The summed E-state index contributed by atoms with van der Waals surface area (Å²) in [6.45, 7) is 5.71. The topological polar surface area (TPSA) is 71.3 Å². The lowest BCUT2D eigenvalue weighted by Crippen LogP contribution is -2.40. The Morgan fingerprint density at radius 1 is 1.00 bits per heavy atom. The molecule has 0 fully saturated rings. The maximum Gasteiger partial charge on any atom is 0.263 e. The highest BCUT2D eigenvalue weighted by atomic mass is 35.5. The van der Waals surface area contributed by atoms with Gasteiger partial charge in [-0.25, -0.2) is 0 Å². The van der Waals surface area contributed by atoms with Crippen molar-refractivity contribution in [3.05, 3.63) is 81.4 Å². The number of halogens is 2. The fourth-order valence-corrected chi connectivity index (χ4v) is 4.87. The predicted molar refractivity (Wildman–Crippen MR) is 141 cm³/mol. The van der Waals surface area contributed by atoms with Crippen LogP contribution in [0.3, 0.4) is 0 Å². The van der Waals surface area contributed by atoms with Crippen molar-refractivity contribution >= 4 is 68.2 Å². The van der Waals surface area contributed by atoms with Crippen molar-refractivity contribution in [2.75, 3.05) is 5.32 Å². The molecule has 2 aromatic carbocycles. The molecule has 2 amide bonds. The third-order valence-corrected chi connectivity index (χ3v) is 6.76. The summed E-state index contributed by atoms with van der Waals surface area (Å²) in [6.07, 6.45) is 2.99. The fraction of sp³-hybridized carbons (Fsp3) is 0.154. The van der Waals surface area contributed by atoms with E-state index in [4.69, 9.17) is 27.6 Å². The van der Waals surface area contributed by atoms with Crippen LogP contribution < -0.4 is 10.6 Å². The number of rotatable bonds is 5. The van der Waals surface area contributed by atoms with Crippen molar-refractivity contribution in [1.82, 2.24) is 5.32 Å². The molecule has 0 saturated carbocycles. The van der Waals surface area contributed by atoms with Gasteiger partial charge in [-0.1, -0.05) is 35.3 Å². The number of nitrogens with one attached hydrogen (secondary N) is 2. The average Bonchev–Trinajstić information content (AvgIpc) is 3.37. The zero-order valence-electron chi connectivity index (χ0n) is 18.7. The second kappa shape index (κ2) is 9.66. The van der Waals surface area contributed by atoms with Crippen molar-refractivity contribution in [3.8, 4) is 11.3 Å². The van der Waals surface area contributed by atoms with Gasteiger partial charge < -0.3 is 15.1 Å². The summed E-state index contributed by atoms with van der Waals surface area (Å²) in [5.74, 6) is 0.640. The van der Waals surface area contributed by atoms with Gasteiger partial charge in [0.2, 0.25) is 5.91 Å². The van der Waals surface area contributed by atoms with E-state index in [1.165, 1.54) is 17.4 Å². The second-order valence-corrected chi connectivity index (χ2v) is 10.5. The van der Waals surface area contributed by atoms with Gasteiger partial charge >= 0.3 is 0 Å². The predicted octanol–water partition coefficient (Wildman–Crippen LogP) is 7.65. The van der Waals surface area contributed by atoms with E-state index in [1.54, 1.807) is 36.4 Å². The molecule has 2 N–H and O–H groups in total. The summed E-state index contributed by atoms with van der Waals surface area (Å²) in [5.41, 5.74) is 1.08.